The molecule has 0 spiro atoms. The molecule has 1 saturated heterocycles. The summed E-state index contributed by atoms with van der Waals surface area (Å²) in [5.41, 5.74) is 4.59. The van der Waals surface area contributed by atoms with Gasteiger partial charge in [0.1, 0.15) is 11.4 Å². The second-order valence-electron chi connectivity index (χ2n) is 9.61. The van der Waals surface area contributed by atoms with Crippen LogP contribution in [0.3, 0.4) is 0 Å². The van der Waals surface area contributed by atoms with E-state index in [9.17, 15) is 4.79 Å². The van der Waals surface area contributed by atoms with Gasteiger partial charge in [0, 0.05) is 35.1 Å². The van der Waals surface area contributed by atoms with E-state index in [0.717, 1.165) is 42.9 Å². The highest BCUT2D eigenvalue weighted by molar-refractivity contribution is 8.00. The minimum absolute atomic E-state index is 0.0980. The summed E-state index contributed by atoms with van der Waals surface area (Å²) in [5, 5.41) is 3.55. The number of aromatic nitrogens is 2. The summed E-state index contributed by atoms with van der Waals surface area (Å²) >= 11 is 1.86. The number of carbonyl (C=O) groups excluding carboxylic acids is 1. The van der Waals surface area contributed by atoms with Crippen LogP contribution in [0, 0.1) is 0 Å². The van der Waals surface area contributed by atoms with Crippen molar-refractivity contribution in [1.82, 2.24) is 19.6 Å². The first-order valence-electron chi connectivity index (χ1n) is 12.5. The second-order valence-corrected chi connectivity index (χ2v) is 11.0. The second kappa shape index (κ2) is 9.99. The van der Waals surface area contributed by atoms with Crippen LogP contribution in [-0.4, -0.2) is 51.2 Å². The van der Waals surface area contributed by atoms with Crippen molar-refractivity contribution >= 4 is 23.3 Å². The zero-order valence-corrected chi connectivity index (χ0v) is 21.2. The van der Waals surface area contributed by atoms with Gasteiger partial charge in [0.2, 0.25) is 5.91 Å². The van der Waals surface area contributed by atoms with E-state index in [-0.39, 0.29) is 11.9 Å². The molecule has 0 bridgehead atoms. The van der Waals surface area contributed by atoms with Gasteiger partial charge in [0.25, 0.3) is 0 Å². The number of amides is 1. The summed E-state index contributed by atoms with van der Waals surface area (Å²) in [7, 11) is 1.69. The summed E-state index contributed by atoms with van der Waals surface area (Å²) in [6, 6.07) is 23.1. The van der Waals surface area contributed by atoms with E-state index < -0.39 is 0 Å². The fourth-order valence-corrected chi connectivity index (χ4v) is 6.76. The molecule has 6 nitrogen and oxygen atoms in total. The van der Waals surface area contributed by atoms with Crippen molar-refractivity contribution in [3.8, 4) is 5.75 Å². The number of fused-ring (bicyclic) bond motifs is 2. The van der Waals surface area contributed by atoms with Crippen molar-refractivity contribution in [2.24, 2.45) is 0 Å². The van der Waals surface area contributed by atoms with Gasteiger partial charge in [-0.1, -0.05) is 30.3 Å². The van der Waals surface area contributed by atoms with Crippen LogP contribution in [0.2, 0.25) is 0 Å². The van der Waals surface area contributed by atoms with Gasteiger partial charge in [-0.3, -0.25) is 9.69 Å². The molecule has 1 amide bonds. The molecule has 0 saturated carbocycles. The first-order valence-corrected chi connectivity index (χ1v) is 13.4. The summed E-state index contributed by atoms with van der Waals surface area (Å²) in [4.78, 5) is 21.9. The number of hydrogen-bond acceptors (Lipinski definition) is 5. The number of nitrogens with one attached hydrogen (secondary N) is 1. The maximum atomic E-state index is 13.5. The molecule has 1 aliphatic carbocycles. The van der Waals surface area contributed by atoms with Crippen molar-refractivity contribution in [2.75, 3.05) is 13.7 Å². The number of imidazole rings is 1. The molecule has 2 atom stereocenters. The van der Waals surface area contributed by atoms with E-state index in [2.05, 4.69) is 51.6 Å². The van der Waals surface area contributed by atoms with Crippen LogP contribution in [0.15, 0.2) is 84.0 Å². The van der Waals surface area contributed by atoms with Crippen LogP contribution in [0.5, 0.6) is 5.75 Å². The van der Waals surface area contributed by atoms with Crippen molar-refractivity contribution in [3.05, 3.63) is 95.9 Å². The Hall–Kier alpha value is -3.29. The topological polar surface area (TPSA) is 58.9 Å². The Morgan fingerprint density at radius 1 is 1.06 bits per heavy atom. The van der Waals surface area contributed by atoms with Gasteiger partial charge in [-0.15, -0.1) is 11.8 Å². The Morgan fingerprint density at radius 2 is 1.81 bits per heavy atom. The lowest BCUT2D eigenvalue weighted by Crippen LogP contribution is -2.48. The Bertz CT molecular complexity index is 1310. The maximum Gasteiger partial charge on any atom is 0.237 e. The predicted octanol–water partition coefficient (Wildman–Crippen LogP) is 4.36. The average molecular weight is 499 g/mol. The first kappa shape index (κ1) is 23.1. The van der Waals surface area contributed by atoms with E-state index in [0.29, 0.717) is 17.8 Å². The van der Waals surface area contributed by atoms with Gasteiger partial charge < -0.3 is 14.5 Å². The number of carbonyl (C=O) groups is 1. The SMILES string of the molecule is COc1ccc(S[C@@H]2C[C@@H](C(=O)NCc3cn4ccccc4n3)N(C3Cc4ccccc4C3)C2)cc1. The highest BCUT2D eigenvalue weighted by Crippen LogP contribution is 2.37. The van der Waals surface area contributed by atoms with E-state index in [1.165, 1.54) is 16.0 Å². The van der Waals surface area contributed by atoms with Crippen molar-refractivity contribution < 1.29 is 9.53 Å². The van der Waals surface area contributed by atoms with E-state index >= 15 is 0 Å². The lowest BCUT2D eigenvalue weighted by Gasteiger charge is -2.29. The smallest absolute Gasteiger partial charge is 0.237 e. The Balaban J connectivity index is 1.17. The Labute approximate surface area is 215 Å². The molecule has 1 N–H and O–H groups in total. The number of likely N-dealkylation sites (tertiary alicyclic amines) is 1. The molecular weight excluding hydrogens is 468 g/mol. The van der Waals surface area contributed by atoms with Crippen LogP contribution >= 0.6 is 11.8 Å². The number of rotatable bonds is 7. The highest BCUT2D eigenvalue weighted by Gasteiger charge is 2.42. The molecule has 2 aromatic carbocycles. The quantitative estimate of drug-likeness (QED) is 0.410. The predicted molar refractivity (Wildman–Crippen MR) is 142 cm³/mol. The van der Waals surface area contributed by atoms with Crippen LogP contribution < -0.4 is 10.1 Å². The van der Waals surface area contributed by atoms with Crippen molar-refractivity contribution in [2.45, 2.75) is 48.0 Å². The van der Waals surface area contributed by atoms with Crippen LogP contribution in [0.4, 0.5) is 0 Å². The number of ether oxygens (including phenoxy) is 1. The summed E-state index contributed by atoms with van der Waals surface area (Å²) in [5.74, 6) is 0.959. The summed E-state index contributed by atoms with van der Waals surface area (Å²) in [6.45, 7) is 1.34. The van der Waals surface area contributed by atoms with Crippen LogP contribution in [0.25, 0.3) is 5.65 Å². The third-order valence-corrected chi connectivity index (χ3v) is 8.54. The molecule has 0 radical (unpaired) electrons. The van der Waals surface area contributed by atoms with Crippen LogP contribution in [-0.2, 0) is 24.2 Å². The van der Waals surface area contributed by atoms with Gasteiger partial charge >= 0.3 is 0 Å². The lowest BCUT2D eigenvalue weighted by atomic mass is 10.1. The molecule has 1 fully saturated rings. The fraction of sp³-hybridized carbons (Fsp3) is 0.310. The minimum Gasteiger partial charge on any atom is -0.497 e. The van der Waals surface area contributed by atoms with E-state index in [1.54, 1.807) is 7.11 Å². The lowest BCUT2D eigenvalue weighted by molar-refractivity contribution is -0.126. The molecule has 7 heteroatoms. The monoisotopic (exact) mass is 498 g/mol. The number of hydrogen-bond donors (Lipinski definition) is 1. The normalized spacial score (nSPS) is 20.0. The molecule has 0 unspecified atom stereocenters. The Kier molecular flexibility index (Phi) is 6.42. The Morgan fingerprint density at radius 3 is 2.53 bits per heavy atom. The number of nitrogens with zero attached hydrogens (tertiary/aromatic N) is 3. The van der Waals surface area contributed by atoms with Crippen molar-refractivity contribution in [1.29, 1.82) is 0 Å². The van der Waals surface area contributed by atoms with Crippen LogP contribution in [0.1, 0.15) is 23.2 Å². The number of thioether (sulfide) groups is 1. The number of methoxy groups -OCH3 is 1. The summed E-state index contributed by atoms with van der Waals surface area (Å²) < 4.78 is 7.30. The third-order valence-electron chi connectivity index (χ3n) is 7.32. The minimum atomic E-state index is -0.142. The van der Waals surface area contributed by atoms with Gasteiger partial charge in [0.15, 0.2) is 0 Å². The highest BCUT2D eigenvalue weighted by atomic mass is 32.2. The van der Waals surface area contributed by atoms with Gasteiger partial charge in [-0.05, 0) is 66.8 Å². The molecule has 1 aliphatic heterocycles. The fourth-order valence-electron chi connectivity index (χ4n) is 5.55. The maximum absolute atomic E-state index is 13.5. The zero-order chi connectivity index (χ0) is 24.5. The first-order chi connectivity index (χ1) is 17.7. The molecular formula is C29H30N4O2S. The summed E-state index contributed by atoms with van der Waals surface area (Å²) in [6.07, 6.45) is 6.81. The van der Waals surface area contributed by atoms with Crippen molar-refractivity contribution in [3.63, 3.8) is 0 Å². The number of benzene rings is 2. The molecule has 2 aromatic heterocycles. The molecule has 4 aromatic rings. The van der Waals surface area contributed by atoms with Gasteiger partial charge in [-0.25, -0.2) is 4.98 Å². The molecule has 6 rings (SSSR count). The van der Waals surface area contributed by atoms with Gasteiger partial charge in [0.05, 0.1) is 25.4 Å². The molecule has 3 heterocycles. The number of pyridine rings is 1. The standard InChI is InChI=1S/C29H30N4O2S/c1-35-24-9-11-25(12-10-24)36-26-16-27(33(19-26)23-14-20-6-2-3-7-21(20)15-23)29(34)30-17-22-18-32-13-5-4-8-28(32)31-22/h2-13,18,23,26-27H,14-17,19H2,1H3,(H,30,34)/t26-,27+/m1/s1. The third kappa shape index (κ3) is 4.73. The molecule has 36 heavy (non-hydrogen) atoms. The average Bonchev–Trinajstić information content (AvgIpc) is 3.63. The van der Waals surface area contributed by atoms with Gasteiger partial charge in [-0.2, -0.15) is 0 Å². The van der Waals surface area contributed by atoms with E-state index in [1.807, 2.05) is 58.9 Å². The molecule has 2 aliphatic rings. The van der Waals surface area contributed by atoms with E-state index in [4.69, 9.17) is 4.74 Å². The molecule has 184 valence electrons. The zero-order valence-electron chi connectivity index (χ0n) is 20.3. The largest absolute Gasteiger partial charge is 0.497 e.